The molecule has 4 heteroatoms. The molecule has 40 heavy (non-hydrogen) atoms. The minimum atomic E-state index is 0.213. The molecule has 0 bridgehead atoms. The first-order valence-corrected chi connectivity index (χ1v) is 15.9. The van der Waals surface area contributed by atoms with Crippen LogP contribution in [0.25, 0.3) is 12.2 Å². The van der Waals surface area contributed by atoms with Crippen molar-refractivity contribution in [3.05, 3.63) is 59.7 Å². The number of allylic oxidation sites excluding steroid dienone is 4. The van der Waals surface area contributed by atoms with Gasteiger partial charge in [0.1, 0.15) is 11.5 Å². The van der Waals surface area contributed by atoms with Crippen LogP contribution in [0.5, 0.6) is 11.5 Å². The van der Waals surface area contributed by atoms with Crippen LogP contribution in [0.4, 0.5) is 0 Å². The monoisotopic (exact) mass is 544 g/mol. The molecule has 0 aliphatic carbocycles. The molecule has 0 radical (unpaired) electrons. The van der Waals surface area contributed by atoms with Crippen molar-refractivity contribution in [2.75, 3.05) is 26.3 Å². The SMILES string of the molecule is CCCCCCCCOc1cc(/C=C/[C@H]2C=CCN=C2)c(OCCCCCCCC)cc1/C=C/[C@H]1C=CCN=C1. The molecule has 1 aromatic rings. The van der Waals surface area contributed by atoms with E-state index in [4.69, 9.17) is 9.47 Å². The van der Waals surface area contributed by atoms with Gasteiger partial charge in [-0.2, -0.15) is 0 Å². The van der Waals surface area contributed by atoms with Crippen molar-refractivity contribution < 1.29 is 9.47 Å². The van der Waals surface area contributed by atoms with Crippen molar-refractivity contribution in [1.29, 1.82) is 0 Å². The van der Waals surface area contributed by atoms with Gasteiger partial charge in [-0.1, -0.05) is 127 Å². The van der Waals surface area contributed by atoms with Gasteiger partial charge in [0, 0.05) is 35.4 Å². The highest BCUT2D eigenvalue weighted by Crippen LogP contribution is 2.32. The van der Waals surface area contributed by atoms with Gasteiger partial charge in [0.2, 0.25) is 0 Å². The number of hydrogen-bond donors (Lipinski definition) is 0. The largest absolute Gasteiger partial charge is 0.493 e. The Labute approximate surface area is 244 Å². The van der Waals surface area contributed by atoms with Crippen LogP contribution in [0.1, 0.15) is 102 Å². The second kappa shape index (κ2) is 20.1. The van der Waals surface area contributed by atoms with Crippen LogP contribution in [0.2, 0.25) is 0 Å². The summed E-state index contributed by atoms with van der Waals surface area (Å²) in [6, 6.07) is 4.33. The van der Waals surface area contributed by atoms with E-state index in [1.807, 2.05) is 12.4 Å². The lowest BCUT2D eigenvalue weighted by molar-refractivity contribution is 0.295. The minimum Gasteiger partial charge on any atom is -0.493 e. The molecule has 0 N–H and O–H groups in total. The summed E-state index contributed by atoms with van der Waals surface area (Å²) >= 11 is 0. The number of ether oxygens (including phenoxy) is 2. The molecule has 2 atom stereocenters. The van der Waals surface area contributed by atoms with Crippen molar-refractivity contribution in [2.24, 2.45) is 21.8 Å². The summed E-state index contributed by atoms with van der Waals surface area (Å²) in [7, 11) is 0. The van der Waals surface area contributed by atoms with Gasteiger partial charge in [0.15, 0.2) is 0 Å². The number of rotatable bonds is 20. The maximum atomic E-state index is 6.42. The quantitative estimate of drug-likeness (QED) is 0.121. The van der Waals surface area contributed by atoms with E-state index < -0.39 is 0 Å². The zero-order valence-corrected chi connectivity index (χ0v) is 25.1. The predicted octanol–water partition coefficient (Wildman–Crippen LogP) is 9.71. The first-order chi connectivity index (χ1) is 19.8. The molecular formula is C36H52N2O2. The van der Waals surface area contributed by atoms with Gasteiger partial charge >= 0.3 is 0 Å². The summed E-state index contributed by atoms with van der Waals surface area (Å²) in [6.07, 6.45) is 36.4. The van der Waals surface area contributed by atoms with Gasteiger partial charge in [0.05, 0.1) is 26.3 Å². The summed E-state index contributed by atoms with van der Waals surface area (Å²) in [5.74, 6) is 2.26. The number of unbranched alkanes of at least 4 members (excludes halogenated alkanes) is 10. The Hall–Kier alpha value is -2.88. The number of aliphatic imine (C=N–C) groups is 2. The van der Waals surface area contributed by atoms with E-state index >= 15 is 0 Å². The lowest BCUT2D eigenvalue weighted by atomic mass is 10.0. The third-order valence-corrected chi connectivity index (χ3v) is 7.34. The average Bonchev–Trinajstić information content (AvgIpc) is 3.00. The smallest absolute Gasteiger partial charge is 0.127 e. The molecule has 0 spiro atoms. The number of dihydropyridines is 2. The predicted molar refractivity (Wildman–Crippen MR) is 174 cm³/mol. The fraction of sp³-hybridized carbons (Fsp3) is 0.556. The van der Waals surface area contributed by atoms with Gasteiger partial charge in [0.25, 0.3) is 0 Å². The molecule has 2 heterocycles. The molecule has 0 aromatic heterocycles. The third kappa shape index (κ3) is 12.5. The highest BCUT2D eigenvalue weighted by Gasteiger charge is 2.12. The summed E-state index contributed by atoms with van der Waals surface area (Å²) in [5.41, 5.74) is 2.13. The first-order valence-electron chi connectivity index (χ1n) is 15.9. The van der Waals surface area contributed by atoms with Crippen LogP contribution in [0.3, 0.4) is 0 Å². The normalized spacial score (nSPS) is 18.4. The Balaban J connectivity index is 1.76. The van der Waals surface area contributed by atoms with Crippen molar-refractivity contribution in [3.63, 3.8) is 0 Å². The maximum absolute atomic E-state index is 6.42. The number of nitrogens with zero attached hydrogens (tertiary/aromatic N) is 2. The zero-order valence-electron chi connectivity index (χ0n) is 25.1. The van der Waals surface area contributed by atoms with Crippen LogP contribution in [0, 0.1) is 11.8 Å². The number of benzene rings is 1. The van der Waals surface area contributed by atoms with Gasteiger partial charge in [-0.3, -0.25) is 9.98 Å². The van der Waals surface area contributed by atoms with Crippen molar-refractivity contribution in [3.8, 4) is 11.5 Å². The second-order valence-corrected chi connectivity index (χ2v) is 10.9. The van der Waals surface area contributed by atoms with E-state index in [9.17, 15) is 0 Å². The lowest BCUT2D eigenvalue weighted by Gasteiger charge is -2.16. The molecule has 0 unspecified atom stereocenters. The highest BCUT2D eigenvalue weighted by atomic mass is 16.5. The maximum Gasteiger partial charge on any atom is 0.127 e. The average molecular weight is 545 g/mol. The Morgan fingerprint density at radius 3 is 1.45 bits per heavy atom. The summed E-state index contributed by atoms with van der Waals surface area (Å²) in [6.45, 7) is 7.54. The van der Waals surface area contributed by atoms with Gasteiger partial charge < -0.3 is 9.47 Å². The zero-order chi connectivity index (χ0) is 28.1. The van der Waals surface area contributed by atoms with Crippen LogP contribution in [-0.4, -0.2) is 38.7 Å². The molecule has 218 valence electrons. The van der Waals surface area contributed by atoms with Crippen molar-refractivity contribution in [2.45, 2.75) is 90.9 Å². The topological polar surface area (TPSA) is 43.2 Å². The fourth-order valence-corrected chi connectivity index (χ4v) is 4.91. The molecule has 0 amide bonds. The van der Waals surface area contributed by atoms with E-state index in [1.54, 1.807) is 0 Å². The molecule has 1 aromatic carbocycles. The van der Waals surface area contributed by atoms with Gasteiger partial charge in [-0.15, -0.1) is 0 Å². The highest BCUT2D eigenvalue weighted by molar-refractivity contribution is 5.74. The Bertz CT molecular complexity index is 912. The second-order valence-electron chi connectivity index (χ2n) is 10.9. The van der Waals surface area contributed by atoms with E-state index in [0.29, 0.717) is 0 Å². The first kappa shape index (κ1) is 31.6. The van der Waals surface area contributed by atoms with Gasteiger partial charge in [-0.05, 0) is 25.0 Å². The van der Waals surface area contributed by atoms with E-state index in [0.717, 1.165) is 61.8 Å². The molecule has 0 saturated heterocycles. The minimum absolute atomic E-state index is 0.213. The Morgan fingerprint density at radius 2 is 1.05 bits per heavy atom. The summed E-state index contributed by atoms with van der Waals surface area (Å²) in [5, 5.41) is 0. The Morgan fingerprint density at radius 1 is 0.625 bits per heavy atom. The van der Waals surface area contributed by atoms with E-state index in [-0.39, 0.29) is 11.8 Å². The molecule has 4 nitrogen and oxygen atoms in total. The van der Waals surface area contributed by atoms with E-state index in [1.165, 1.54) is 64.2 Å². The Kier molecular flexibility index (Phi) is 15.9. The van der Waals surface area contributed by atoms with Crippen molar-refractivity contribution in [1.82, 2.24) is 0 Å². The van der Waals surface area contributed by atoms with Crippen LogP contribution in [0.15, 0.2) is 58.6 Å². The summed E-state index contributed by atoms with van der Waals surface area (Å²) < 4.78 is 12.8. The third-order valence-electron chi connectivity index (χ3n) is 7.34. The van der Waals surface area contributed by atoms with Gasteiger partial charge in [-0.25, -0.2) is 0 Å². The molecular weight excluding hydrogens is 492 g/mol. The number of hydrogen-bond acceptors (Lipinski definition) is 4. The van der Waals surface area contributed by atoms with Crippen molar-refractivity contribution >= 4 is 24.6 Å². The van der Waals surface area contributed by atoms with E-state index in [2.05, 4.69) is 84.6 Å². The lowest BCUT2D eigenvalue weighted by Crippen LogP contribution is -2.04. The molecule has 0 fully saturated rings. The van der Waals surface area contributed by atoms with Crippen LogP contribution in [-0.2, 0) is 0 Å². The molecule has 3 rings (SSSR count). The van der Waals surface area contributed by atoms with Crippen LogP contribution < -0.4 is 9.47 Å². The summed E-state index contributed by atoms with van der Waals surface area (Å²) in [4.78, 5) is 8.83. The molecule has 2 aliphatic rings. The van der Waals surface area contributed by atoms with Crippen LogP contribution >= 0.6 is 0 Å². The fourth-order valence-electron chi connectivity index (χ4n) is 4.91. The standard InChI is InChI=1S/C36H52N2O2/c1-3-5-7-9-11-13-25-39-35-27-34(22-20-32-18-16-24-38-30-32)36(40-26-14-12-10-8-6-4-2)28-33(35)21-19-31-17-15-23-37-29-31/h15-22,27-32H,3-14,23-26H2,1-2H3/b21-19+,22-20+/t31-,32-/m1/s1. The molecule has 0 saturated carbocycles. The molecule has 2 aliphatic heterocycles.